The molecule has 29 heavy (non-hydrogen) atoms. The molecule has 152 valence electrons. The molecule has 1 aromatic carbocycles. The molecule has 1 atom stereocenters. The fourth-order valence-corrected chi connectivity index (χ4v) is 6.09. The zero-order chi connectivity index (χ0) is 19.6. The van der Waals surface area contributed by atoms with Crippen LogP contribution in [0.5, 0.6) is 0 Å². The van der Waals surface area contributed by atoms with Crippen molar-refractivity contribution in [1.29, 1.82) is 0 Å². The largest absolute Gasteiger partial charge is 0.241 e. The van der Waals surface area contributed by atoms with E-state index in [-0.39, 0.29) is 0 Å². The van der Waals surface area contributed by atoms with Crippen molar-refractivity contribution in [3.05, 3.63) is 64.7 Å². The highest BCUT2D eigenvalue weighted by Crippen LogP contribution is 2.45. The third-order valence-corrected chi connectivity index (χ3v) is 7.84. The van der Waals surface area contributed by atoms with Gasteiger partial charge in [-0.15, -0.1) is 0 Å². The van der Waals surface area contributed by atoms with Crippen LogP contribution in [0.3, 0.4) is 0 Å². The second-order valence-electron chi connectivity index (χ2n) is 9.70. The van der Waals surface area contributed by atoms with Crippen LogP contribution in [-0.4, -0.2) is 9.97 Å². The van der Waals surface area contributed by atoms with E-state index in [1.54, 1.807) is 11.1 Å². The van der Waals surface area contributed by atoms with Gasteiger partial charge in [-0.25, -0.2) is 9.97 Å². The summed E-state index contributed by atoms with van der Waals surface area (Å²) >= 11 is 0. The van der Waals surface area contributed by atoms with Crippen molar-refractivity contribution in [2.75, 3.05) is 0 Å². The summed E-state index contributed by atoms with van der Waals surface area (Å²) in [6, 6.07) is 11.0. The molecular weight excluding hydrogens is 352 g/mol. The lowest BCUT2D eigenvalue weighted by Gasteiger charge is -2.29. The van der Waals surface area contributed by atoms with Gasteiger partial charge in [0.2, 0.25) is 0 Å². The lowest BCUT2D eigenvalue weighted by molar-refractivity contribution is 0.271. The van der Waals surface area contributed by atoms with Gasteiger partial charge >= 0.3 is 0 Å². The van der Waals surface area contributed by atoms with E-state index in [9.17, 15) is 0 Å². The second kappa shape index (κ2) is 8.42. The predicted octanol–water partition coefficient (Wildman–Crippen LogP) is 6.59. The zero-order valence-electron chi connectivity index (χ0n) is 17.9. The summed E-state index contributed by atoms with van der Waals surface area (Å²) in [6.45, 7) is 2.34. The Labute approximate surface area is 175 Å². The van der Waals surface area contributed by atoms with Crippen LogP contribution in [0.25, 0.3) is 5.57 Å². The van der Waals surface area contributed by atoms with Crippen molar-refractivity contribution >= 4 is 5.57 Å². The number of allylic oxidation sites excluding steroid dienone is 2. The van der Waals surface area contributed by atoms with Gasteiger partial charge in [-0.05, 0) is 86.7 Å². The minimum Gasteiger partial charge on any atom is -0.241 e. The third-order valence-electron chi connectivity index (χ3n) is 7.84. The number of hydrogen-bond acceptors (Lipinski definition) is 2. The maximum atomic E-state index is 4.82. The van der Waals surface area contributed by atoms with Crippen LogP contribution in [0.15, 0.2) is 42.2 Å². The van der Waals surface area contributed by atoms with Gasteiger partial charge in [-0.3, -0.25) is 0 Å². The van der Waals surface area contributed by atoms with E-state index in [0.29, 0.717) is 0 Å². The molecular formula is C27H34N2. The van der Waals surface area contributed by atoms with Crippen molar-refractivity contribution in [3.8, 4) is 0 Å². The molecule has 2 nitrogen and oxygen atoms in total. The third kappa shape index (κ3) is 4.04. The Morgan fingerprint density at radius 2 is 1.62 bits per heavy atom. The summed E-state index contributed by atoms with van der Waals surface area (Å²) in [5.41, 5.74) is 9.00. The van der Waals surface area contributed by atoms with Gasteiger partial charge in [0, 0.05) is 12.0 Å². The average molecular weight is 387 g/mol. The Bertz CT molecular complexity index is 875. The van der Waals surface area contributed by atoms with Gasteiger partial charge < -0.3 is 0 Å². The minimum absolute atomic E-state index is 0.803. The van der Waals surface area contributed by atoms with Crippen LogP contribution >= 0.6 is 0 Å². The molecule has 3 aliphatic carbocycles. The van der Waals surface area contributed by atoms with Crippen molar-refractivity contribution in [2.24, 2.45) is 17.8 Å². The van der Waals surface area contributed by atoms with Crippen LogP contribution in [0.4, 0.5) is 0 Å². The van der Waals surface area contributed by atoms with Crippen molar-refractivity contribution in [3.63, 3.8) is 0 Å². The first kappa shape index (κ1) is 19.0. The van der Waals surface area contributed by atoms with E-state index in [4.69, 9.17) is 9.97 Å². The molecule has 2 aromatic rings. The fourth-order valence-electron chi connectivity index (χ4n) is 6.09. The van der Waals surface area contributed by atoms with Gasteiger partial charge in [0.25, 0.3) is 0 Å². The molecule has 1 aromatic heterocycles. The summed E-state index contributed by atoms with van der Waals surface area (Å²) in [4.78, 5) is 9.51. The molecule has 0 bridgehead atoms. The molecule has 3 aliphatic rings. The van der Waals surface area contributed by atoms with Gasteiger partial charge in [-0.2, -0.15) is 0 Å². The molecule has 0 spiro atoms. The molecule has 0 aliphatic heterocycles. The highest BCUT2D eigenvalue weighted by molar-refractivity contribution is 5.77. The Kier molecular flexibility index (Phi) is 5.52. The molecule has 1 heterocycles. The molecule has 1 unspecified atom stereocenters. The first-order chi connectivity index (χ1) is 14.3. The Morgan fingerprint density at radius 1 is 0.862 bits per heavy atom. The highest BCUT2D eigenvalue weighted by Gasteiger charge is 2.31. The molecule has 0 N–H and O–H groups in total. The first-order valence-electron chi connectivity index (χ1n) is 11.9. The Morgan fingerprint density at radius 3 is 2.38 bits per heavy atom. The van der Waals surface area contributed by atoms with Crippen LogP contribution in [0.1, 0.15) is 80.8 Å². The van der Waals surface area contributed by atoms with Crippen molar-refractivity contribution in [1.82, 2.24) is 9.97 Å². The fraction of sp³-hybridized carbons (Fsp3) is 0.556. The predicted molar refractivity (Wildman–Crippen MR) is 120 cm³/mol. The van der Waals surface area contributed by atoms with Gasteiger partial charge in [0.05, 0.1) is 11.4 Å². The van der Waals surface area contributed by atoms with Crippen molar-refractivity contribution in [2.45, 2.75) is 77.6 Å². The summed E-state index contributed by atoms with van der Waals surface area (Å²) in [6.07, 6.45) is 16.1. The number of fused-ring (bicyclic) bond motifs is 2. The average Bonchev–Trinajstić information content (AvgIpc) is 3.14. The molecule has 0 radical (unpaired) electrons. The Hall–Kier alpha value is -1.96. The molecule has 0 saturated heterocycles. The van der Waals surface area contributed by atoms with Crippen molar-refractivity contribution < 1.29 is 0 Å². The minimum atomic E-state index is 0.803. The summed E-state index contributed by atoms with van der Waals surface area (Å²) < 4.78 is 0. The Balaban J connectivity index is 1.24. The molecule has 1 saturated carbocycles. The molecule has 0 amide bonds. The maximum Gasteiger partial charge on any atom is 0.115 e. The SMILES string of the molecule is CCC1CCC2=C(Cc3ncnc(CC4CCC(Cc5ccccc5)CC4)c32)C1. The van der Waals surface area contributed by atoms with Crippen LogP contribution in [0.2, 0.25) is 0 Å². The van der Waals surface area contributed by atoms with E-state index in [1.807, 2.05) is 6.33 Å². The number of benzene rings is 1. The lowest BCUT2D eigenvalue weighted by Crippen LogP contribution is -2.19. The maximum absolute atomic E-state index is 4.82. The molecule has 2 heteroatoms. The molecule has 1 fully saturated rings. The standard InChI is InChI=1S/C27H34N2/c1-2-19-12-13-24-23(15-19)17-26-27(24)25(28-18-29-26)16-22-10-8-21(9-11-22)14-20-6-4-3-5-7-20/h3-7,18-19,21-22H,2,8-17H2,1H3. The van der Waals surface area contributed by atoms with E-state index < -0.39 is 0 Å². The first-order valence-corrected chi connectivity index (χ1v) is 11.9. The second-order valence-corrected chi connectivity index (χ2v) is 9.70. The normalized spacial score (nSPS) is 26.3. The van der Waals surface area contributed by atoms with Gasteiger partial charge in [0.1, 0.15) is 6.33 Å². The summed E-state index contributed by atoms with van der Waals surface area (Å²) in [5.74, 6) is 2.56. The van der Waals surface area contributed by atoms with E-state index in [1.165, 1.54) is 80.3 Å². The number of hydrogen-bond donors (Lipinski definition) is 0. The highest BCUT2D eigenvalue weighted by atomic mass is 14.9. The lowest BCUT2D eigenvalue weighted by atomic mass is 9.77. The summed E-state index contributed by atoms with van der Waals surface area (Å²) in [5, 5.41) is 0. The smallest absolute Gasteiger partial charge is 0.115 e. The van der Waals surface area contributed by atoms with E-state index in [2.05, 4.69) is 37.3 Å². The quantitative estimate of drug-likeness (QED) is 0.579. The van der Waals surface area contributed by atoms with Crippen LogP contribution in [-0.2, 0) is 19.3 Å². The van der Waals surface area contributed by atoms with E-state index >= 15 is 0 Å². The molecule has 5 rings (SSSR count). The van der Waals surface area contributed by atoms with Gasteiger partial charge in [0.15, 0.2) is 0 Å². The zero-order valence-corrected chi connectivity index (χ0v) is 17.9. The monoisotopic (exact) mass is 386 g/mol. The number of nitrogens with zero attached hydrogens (tertiary/aromatic N) is 2. The van der Waals surface area contributed by atoms with Crippen LogP contribution in [0, 0.1) is 17.8 Å². The number of aromatic nitrogens is 2. The van der Waals surface area contributed by atoms with Gasteiger partial charge in [-0.1, -0.05) is 49.2 Å². The topological polar surface area (TPSA) is 25.8 Å². The summed E-state index contributed by atoms with van der Waals surface area (Å²) in [7, 11) is 0. The number of rotatable bonds is 5. The van der Waals surface area contributed by atoms with Crippen LogP contribution < -0.4 is 0 Å². The van der Waals surface area contributed by atoms with E-state index in [0.717, 1.165) is 30.6 Å².